The topological polar surface area (TPSA) is 29.3 Å². The summed E-state index contributed by atoms with van der Waals surface area (Å²) in [6.07, 6.45) is 5.44. The number of rotatable bonds is 7. The third kappa shape index (κ3) is 4.84. The predicted molar refractivity (Wildman–Crippen MR) is 71.5 cm³/mol. The molecule has 2 nitrogen and oxygen atoms in total. The van der Waals surface area contributed by atoms with Gasteiger partial charge in [-0.2, -0.15) is 0 Å². The molecule has 1 aliphatic rings. The molecule has 1 saturated heterocycles. The molecule has 1 aliphatic heterocycles. The fraction of sp³-hybridized carbons (Fsp3) is 1.00. The molecule has 0 radical (unpaired) electrons. The van der Waals surface area contributed by atoms with Crippen molar-refractivity contribution in [3.8, 4) is 0 Å². The smallest absolute Gasteiger partial charge is 0.00219 e. The van der Waals surface area contributed by atoms with Gasteiger partial charge >= 0.3 is 0 Å². The molecular weight excluding hydrogens is 196 g/mol. The molecule has 0 spiro atoms. The molecule has 1 fully saturated rings. The molecule has 0 amide bonds. The highest BCUT2D eigenvalue weighted by Crippen LogP contribution is 2.22. The van der Waals surface area contributed by atoms with Crippen LogP contribution in [0.15, 0.2) is 0 Å². The Morgan fingerprint density at radius 3 is 2.69 bits per heavy atom. The second kappa shape index (κ2) is 7.29. The quantitative estimate of drug-likeness (QED) is 0.723. The molecule has 2 atom stereocenters. The molecule has 0 aromatic heterocycles. The monoisotopic (exact) mass is 226 g/mol. The Morgan fingerprint density at radius 2 is 2.12 bits per heavy atom. The Balaban J connectivity index is 2.25. The van der Waals surface area contributed by atoms with Gasteiger partial charge in [-0.3, -0.25) is 0 Å². The zero-order valence-corrected chi connectivity index (χ0v) is 11.4. The molecule has 0 bridgehead atoms. The van der Waals surface area contributed by atoms with Gasteiger partial charge in [0.15, 0.2) is 0 Å². The average molecular weight is 226 g/mol. The summed E-state index contributed by atoms with van der Waals surface area (Å²) in [5.74, 6) is 2.45. The van der Waals surface area contributed by atoms with Crippen LogP contribution in [0.25, 0.3) is 0 Å². The minimum Gasteiger partial charge on any atom is -0.330 e. The van der Waals surface area contributed by atoms with Gasteiger partial charge < -0.3 is 10.6 Å². The van der Waals surface area contributed by atoms with E-state index in [1.165, 1.54) is 45.3 Å². The molecule has 0 aliphatic carbocycles. The summed E-state index contributed by atoms with van der Waals surface area (Å²) in [6.45, 7) is 11.6. The van der Waals surface area contributed by atoms with E-state index in [1.807, 2.05) is 0 Å². The number of hydrogen-bond acceptors (Lipinski definition) is 2. The summed E-state index contributed by atoms with van der Waals surface area (Å²) in [7, 11) is 0. The largest absolute Gasteiger partial charge is 0.330 e. The molecular formula is C14H30N2. The van der Waals surface area contributed by atoms with E-state index in [9.17, 15) is 0 Å². The maximum Gasteiger partial charge on any atom is 0.00219 e. The van der Waals surface area contributed by atoms with Crippen LogP contribution in [0.3, 0.4) is 0 Å². The number of likely N-dealkylation sites (tertiary alicyclic amines) is 1. The van der Waals surface area contributed by atoms with Gasteiger partial charge in [-0.1, -0.05) is 27.2 Å². The fourth-order valence-electron chi connectivity index (χ4n) is 3.00. The predicted octanol–water partition coefficient (Wildman–Crippen LogP) is 2.73. The highest BCUT2D eigenvalue weighted by Gasteiger charge is 2.23. The van der Waals surface area contributed by atoms with Crippen LogP contribution < -0.4 is 5.73 Å². The van der Waals surface area contributed by atoms with E-state index in [2.05, 4.69) is 25.7 Å². The summed E-state index contributed by atoms with van der Waals surface area (Å²) < 4.78 is 0. The molecule has 1 rings (SSSR count). The highest BCUT2D eigenvalue weighted by molar-refractivity contribution is 4.78. The van der Waals surface area contributed by atoms with Crippen LogP contribution >= 0.6 is 0 Å². The van der Waals surface area contributed by atoms with Crippen LogP contribution in [0.4, 0.5) is 0 Å². The maximum atomic E-state index is 5.87. The minimum absolute atomic E-state index is 0.709. The Bertz CT molecular complexity index is 180. The second-order valence-electron chi connectivity index (χ2n) is 5.93. The molecule has 1 heterocycles. The first kappa shape index (κ1) is 14.0. The zero-order chi connectivity index (χ0) is 12.0. The zero-order valence-electron chi connectivity index (χ0n) is 11.4. The van der Waals surface area contributed by atoms with Crippen LogP contribution in [0.2, 0.25) is 0 Å². The second-order valence-corrected chi connectivity index (χ2v) is 5.93. The molecule has 2 N–H and O–H groups in total. The van der Waals surface area contributed by atoms with Crippen molar-refractivity contribution >= 4 is 0 Å². The van der Waals surface area contributed by atoms with Crippen molar-refractivity contribution in [1.29, 1.82) is 0 Å². The van der Waals surface area contributed by atoms with Gasteiger partial charge in [0.25, 0.3) is 0 Å². The number of nitrogens with zero attached hydrogens (tertiary/aromatic N) is 1. The lowest BCUT2D eigenvalue weighted by Crippen LogP contribution is -2.32. The number of nitrogens with two attached hydrogens (primary N) is 1. The molecule has 0 aromatic rings. The molecule has 96 valence electrons. The Kier molecular flexibility index (Phi) is 6.37. The Hall–Kier alpha value is -0.0800. The van der Waals surface area contributed by atoms with Crippen molar-refractivity contribution < 1.29 is 0 Å². The minimum atomic E-state index is 0.709. The van der Waals surface area contributed by atoms with Crippen molar-refractivity contribution in [3.05, 3.63) is 0 Å². The van der Waals surface area contributed by atoms with E-state index in [1.54, 1.807) is 0 Å². The Labute approximate surface area is 102 Å². The normalized spacial score (nSPS) is 24.2. The summed E-state index contributed by atoms with van der Waals surface area (Å²) in [6, 6.07) is 0. The molecule has 0 saturated carbocycles. The van der Waals surface area contributed by atoms with Crippen LogP contribution in [-0.4, -0.2) is 31.1 Å². The highest BCUT2D eigenvalue weighted by atomic mass is 15.1. The summed E-state index contributed by atoms with van der Waals surface area (Å²) in [4.78, 5) is 2.64. The first-order valence-corrected chi connectivity index (χ1v) is 7.08. The SMILES string of the molecule is CCCC1CCN(CC(CN)CC(C)C)C1. The standard InChI is InChI=1S/C14H30N2/c1-4-5-13-6-7-16(10-13)11-14(9-15)8-12(2)3/h12-14H,4-11,15H2,1-3H3. The van der Waals surface area contributed by atoms with Gasteiger partial charge in [0.1, 0.15) is 0 Å². The molecule has 0 aromatic carbocycles. The van der Waals surface area contributed by atoms with Crippen LogP contribution in [0.5, 0.6) is 0 Å². The number of hydrogen-bond donors (Lipinski definition) is 1. The maximum absolute atomic E-state index is 5.87. The lowest BCUT2D eigenvalue weighted by molar-refractivity contribution is 0.248. The van der Waals surface area contributed by atoms with Gasteiger partial charge in [-0.05, 0) is 50.1 Å². The average Bonchev–Trinajstić information content (AvgIpc) is 2.64. The van der Waals surface area contributed by atoms with Crippen LogP contribution in [0.1, 0.15) is 46.5 Å². The first-order valence-electron chi connectivity index (χ1n) is 7.08. The first-order chi connectivity index (χ1) is 7.65. The van der Waals surface area contributed by atoms with Gasteiger partial charge in [0.2, 0.25) is 0 Å². The van der Waals surface area contributed by atoms with E-state index < -0.39 is 0 Å². The van der Waals surface area contributed by atoms with Crippen LogP contribution in [0, 0.1) is 17.8 Å². The van der Waals surface area contributed by atoms with Gasteiger partial charge in [-0.25, -0.2) is 0 Å². The van der Waals surface area contributed by atoms with Crippen molar-refractivity contribution in [1.82, 2.24) is 4.90 Å². The van der Waals surface area contributed by atoms with Gasteiger partial charge in [0, 0.05) is 13.1 Å². The molecule has 16 heavy (non-hydrogen) atoms. The Morgan fingerprint density at radius 1 is 1.38 bits per heavy atom. The third-order valence-electron chi connectivity index (χ3n) is 3.72. The van der Waals surface area contributed by atoms with E-state index in [0.29, 0.717) is 5.92 Å². The summed E-state index contributed by atoms with van der Waals surface area (Å²) in [5.41, 5.74) is 5.87. The van der Waals surface area contributed by atoms with Gasteiger partial charge in [0.05, 0.1) is 0 Å². The van der Waals surface area contributed by atoms with Crippen molar-refractivity contribution in [3.63, 3.8) is 0 Å². The lowest BCUT2D eigenvalue weighted by Gasteiger charge is -2.24. The van der Waals surface area contributed by atoms with Crippen molar-refractivity contribution in [2.24, 2.45) is 23.5 Å². The van der Waals surface area contributed by atoms with E-state index >= 15 is 0 Å². The van der Waals surface area contributed by atoms with E-state index in [0.717, 1.165) is 18.4 Å². The van der Waals surface area contributed by atoms with E-state index in [4.69, 9.17) is 5.73 Å². The van der Waals surface area contributed by atoms with Crippen molar-refractivity contribution in [2.75, 3.05) is 26.2 Å². The van der Waals surface area contributed by atoms with Crippen molar-refractivity contribution in [2.45, 2.75) is 46.5 Å². The van der Waals surface area contributed by atoms with Gasteiger partial charge in [-0.15, -0.1) is 0 Å². The summed E-state index contributed by atoms with van der Waals surface area (Å²) in [5, 5.41) is 0. The molecule has 2 unspecified atom stereocenters. The van der Waals surface area contributed by atoms with E-state index in [-0.39, 0.29) is 0 Å². The third-order valence-corrected chi connectivity index (χ3v) is 3.72. The lowest BCUT2D eigenvalue weighted by atomic mass is 9.97. The fourth-order valence-corrected chi connectivity index (χ4v) is 3.00. The molecule has 2 heteroatoms. The summed E-state index contributed by atoms with van der Waals surface area (Å²) >= 11 is 0. The van der Waals surface area contributed by atoms with Crippen LogP contribution in [-0.2, 0) is 0 Å².